The SMILES string of the molecule is Cc1sc(C(C)(C)C)cc1NC(=O)OC(C)(C)C. The second-order valence-electron chi connectivity index (χ2n) is 6.46. The van der Waals surface area contributed by atoms with Crippen molar-refractivity contribution >= 4 is 23.1 Å². The van der Waals surface area contributed by atoms with Crippen LogP contribution < -0.4 is 5.32 Å². The predicted molar refractivity (Wildman–Crippen MR) is 77.6 cm³/mol. The van der Waals surface area contributed by atoms with Crippen LogP contribution in [0.1, 0.15) is 51.3 Å². The summed E-state index contributed by atoms with van der Waals surface area (Å²) >= 11 is 1.71. The number of aryl methyl sites for hydroxylation is 1. The summed E-state index contributed by atoms with van der Waals surface area (Å²) in [5.41, 5.74) is 0.476. The Bertz CT molecular complexity index is 436. The average Bonchev–Trinajstić information content (AvgIpc) is 2.43. The van der Waals surface area contributed by atoms with Crippen LogP contribution in [0.15, 0.2) is 6.07 Å². The molecule has 0 unspecified atom stereocenters. The molecule has 1 heterocycles. The van der Waals surface area contributed by atoms with Crippen molar-refractivity contribution in [3.05, 3.63) is 15.8 Å². The molecular formula is C14H23NO2S. The highest BCUT2D eigenvalue weighted by atomic mass is 32.1. The number of rotatable bonds is 1. The standard InChI is InChI=1S/C14H23NO2S/c1-9-10(8-11(18-9)13(2,3)4)15-12(16)17-14(5,6)7/h8H,1-7H3,(H,15,16). The van der Waals surface area contributed by atoms with Gasteiger partial charge >= 0.3 is 6.09 Å². The summed E-state index contributed by atoms with van der Waals surface area (Å²) in [6.07, 6.45) is -0.399. The zero-order chi connectivity index (χ0) is 14.1. The monoisotopic (exact) mass is 269 g/mol. The molecule has 0 saturated carbocycles. The van der Waals surface area contributed by atoms with Crippen molar-refractivity contribution in [3.63, 3.8) is 0 Å². The molecule has 0 saturated heterocycles. The van der Waals surface area contributed by atoms with Gasteiger partial charge in [0.25, 0.3) is 0 Å². The zero-order valence-corrected chi connectivity index (χ0v) is 13.1. The van der Waals surface area contributed by atoms with Gasteiger partial charge in [-0.25, -0.2) is 4.79 Å². The average molecular weight is 269 g/mol. The molecule has 1 N–H and O–H groups in total. The van der Waals surface area contributed by atoms with Gasteiger partial charge in [0.2, 0.25) is 0 Å². The topological polar surface area (TPSA) is 38.3 Å². The third-order valence-electron chi connectivity index (χ3n) is 2.29. The number of carbonyl (C=O) groups is 1. The fourth-order valence-corrected chi connectivity index (χ4v) is 2.42. The van der Waals surface area contributed by atoms with Gasteiger partial charge in [0.05, 0.1) is 5.69 Å². The molecule has 0 bridgehead atoms. The summed E-state index contributed by atoms with van der Waals surface area (Å²) in [5, 5.41) is 2.81. The number of hydrogen-bond acceptors (Lipinski definition) is 3. The highest BCUT2D eigenvalue weighted by Crippen LogP contribution is 2.34. The molecule has 0 fully saturated rings. The summed E-state index contributed by atoms with van der Waals surface area (Å²) in [6, 6.07) is 2.03. The fourth-order valence-electron chi connectivity index (χ4n) is 1.39. The van der Waals surface area contributed by atoms with Crippen LogP contribution in [0.4, 0.5) is 10.5 Å². The van der Waals surface area contributed by atoms with Gasteiger partial charge < -0.3 is 4.74 Å². The smallest absolute Gasteiger partial charge is 0.412 e. The van der Waals surface area contributed by atoms with Crippen LogP contribution in [-0.4, -0.2) is 11.7 Å². The first-order valence-corrected chi connectivity index (χ1v) is 6.91. The summed E-state index contributed by atoms with van der Waals surface area (Å²) < 4.78 is 5.25. The van der Waals surface area contributed by atoms with Crippen molar-refractivity contribution in [2.24, 2.45) is 0 Å². The summed E-state index contributed by atoms with van der Waals surface area (Å²) in [4.78, 5) is 14.1. The Morgan fingerprint density at radius 1 is 1.22 bits per heavy atom. The summed E-state index contributed by atoms with van der Waals surface area (Å²) in [7, 11) is 0. The number of carbonyl (C=O) groups excluding carboxylic acids is 1. The second kappa shape index (κ2) is 4.92. The van der Waals surface area contributed by atoms with Gasteiger partial charge in [0.1, 0.15) is 5.60 Å². The van der Waals surface area contributed by atoms with Gasteiger partial charge in [0.15, 0.2) is 0 Å². The molecule has 0 aliphatic heterocycles. The lowest BCUT2D eigenvalue weighted by molar-refractivity contribution is 0.0636. The van der Waals surface area contributed by atoms with Crippen molar-refractivity contribution in [2.75, 3.05) is 5.32 Å². The maximum Gasteiger partial charge on any atom is 0.412 e. The normalized spacial score (nSPS) is 12.4. The molecule has 1 aromatic rings. The number of anilines is 1. The molecule has 102 valence electrons. The molecule has 0 atom stereocenters. The zero-order valence-electron chi connectivity index (χ0n) is 12.3. The minimum atomic E-state index is -0.471. The van der Waals surface area contributed by atoms with Crippen molar-refractivity contribution in [1.82, 2.24) is 0 Å². The van der Waals surface area contributed by atoms with Crippen molar-refractivity contribution in [1.29, 1.82) is 0 Å². The van der Waals surface area contributed by atoms with E-state index in [1.165, 1.54) is 4.88 Å². The molecule has 3 nitrogen and oxygen atoms in total. The van der Waals surface area contributed by atoms with Gasteiger partial charge in [-0.1, -0.05) is 20.8 Å². The molecule has 0 aliphatic carbocycles. The van der Waals surface area contributed by atoms with Gasteiger partial charge in [-0.2, -0.15) is 0 Å². The molecule has 1 amide bonds. The third-order valence-corrected chi connectivity index (χ3v) is 3.77. The van der Waals surface area contributed by atoms with E-state index in [9.17, 15) is 4.79 Å². The van der Waals surface area contributed by atoms with E-state index in [1.807, 2.05) is 33.8 Å². The van der Waals surface area contributed by atoms with Crippen LogP contribution in [0.3, 0.4) is 0 Å². The van der Waals surface area contributed by atoms with Crippen LogP contribution in [-0.2, 0) is 10.2 Å². The Balaban J connectivity index is 2.80. The lowest BCUT2D eigenvalue weighted by Gasteiger charge is -2.19. The van der Waals surface area contributed by atoms with Gasteiger partial charge in [-0.15, -0.1) is 11.3 Å². The Labute approximate surface area is 114 Å². The molecule has 0 aliphatic rings. The van der Waals surface area contributed by atoms with E-state index in [4.69, 9.17) is 4.74 Å². The summed E-state index contributed by atoms with van der Waals surface area (Å²) in [6.45, 7) is 14.1. The minimum absolute atomic E-state index is 0.100. The van der Waals surface area contributed by atoms with Crippen molar-refractivity contribution in [2.45, 2.75) is 59.5 Å². The van der Waals surface area contributed by atoms with E-state index < -0.39 is 11.7 Å². The molecule has 1 rings (SSSR count). The first-order chi connectivity index (χ1) is 7.99. The molecule has 0 aromatic carbocycles. The Morgan fingerprint density at radius 3 is 2.17 bits per heavy atom. The van der Waals surface area contributed by atoms with Crippen LogP contribution in [0.5, 0.6) is 0 Å². The molecular weight excluding hydrogens is 246 g/mol. The van der Waals surface area contributed by atoms with Crippen LogP contribution in [0.2, 0.25) is 0 Å². The van der Waals surface area contributed by atoms with E-state index in [-0.39, 0.29) is 5.41 Å². The predicted octanol–water partition coefficient (Wildman–Crippen LogP) is 4.70. The number of nitrogens with one attached hydrogen (secondary N) is 1. The van der Waals surface area contributed by atoms with Gasteiger partial charge in [-0.05, 0) is 39.2 Å². The molecule has 0 spiro atoms. The van der Waals surface area contributed by atoms with Crippen LogP contribution in [0, 0.1) is 6.92 Å². The van der Waals surface area contributed by atoms with E-state index in [2.05, 4.69) is 26.1 Å². The fraction of sp³-hybridized carbons (Fsp3) is 0.643. The highest BCUT2D eigenvalue weighted by Gasteiger charge is 2.21. The minimum Gasteiger partial charge on any atom is -0.444 e. The van der Waals surface area contributed by atoms with Crippen molar-refractivity contribution < 1.29 is 9.53 Å². The number of thiophene rings is 1. The molecule has 0 radical (unpaired) electrons. The van der Waals surface area contributed by atoms with Crippen LogP contribution >= 0.6 is 11.3 Å². The number of amides is 1. The lowest BCUT2D eigenvalue weighted by Crippen LogP contribution is -2.27. The van der Waals surface area contributed by atoms with E-state index >= 15 is 0 Å². The first kappa shape index (κ1) is 15.0. The number of hydrogen-bond donors (Lipinski definition) is 1. The molecule has 18 heavy (non-hydrogen) atoms. The maximum atomic E-state index is 11.7. The summed E-state index contributed by atoms with van der Waals surface area (Å²) in [5.74, 6) is 0. The molecule has 1 aromatic heterocycles. The maximum absolute atomic E-state index is 11.7. The first-order valence-electron chi connectivity index (χ1n) is 6.10. The van der Waals surface area contributed by atoms with Gasteiger partial charge in [-0.3, -0.25) is 5.32 Å². The quantitative estimate of drug-likeness (QED) is 0.802. The molecule has 4 heteroatoms. The highest BCUT2D eigenvalue weighted by molar-refractivity contribution is 7.12. The van der Waals surface area contributed by atoms with E-state index in [0.717, 1.165) is 10.6 Å². The van der Waals surface area contributed by atoms with Crippen LogP contribution in [0.25, 0.3) is 0 Å². The number of ether oxygens (including phenoxy) is 1. The van der Waals surface area contributed by atoms with Gasteiger partial charge in [0, 0.05) is 9.75 Å². The van der Waals surface area contributed by atoms with Crippen molar-refractivity contribution in [3.8, 4) is 0 Å². The second-order valence-corrected chi connectivity index (χ2v) is 7.71. The van der Waals surface area contributed by atoms with E-state index in [1.54, 1.807) is 11.3 Å². The lowest BCUT2D eigenvalue weighted by atomic mass is 9.95. The van der Waals surface area contributed by atoms with E-state index in [0.29, 0.717) is 0 Å². The Kier molecular flexibility index (Phi) is 4.11. The Morgan fingerprint density at radius 2 is 1.78 bits per heavy atom. The largest absolute Gasteiger partial charge is 0.444 e. The third kappa shape index (κ3) is 4.33. The Hall–Kier alpha value is -1.03.